The van der Waals surface area contributed by atoms with Gasteiger partial charge in [0.25, 0.3) is 6.71 Å². The van der Waals surface area contributed by atoms with Crippen LogP contribution in [0, 0.1) is 0 Å². The van der Waals surface area contributed by atoms with Crippen molar-refractivity contribution in [1.82, 2.24) is 0 Å². The lowest BCUT2D eigenvalue weighted by molar-refractivity contribution is 0.668. The Hall–Kier alpha value is -11.3. The van der Waals surface area contributed by atoms with Gasteiger partial charge in [0.2, 0.25) is 0 Å². The summed E-state index contributed by atoms with van der Waals surface area (Å²) < 4.78 is 25.8. The number of nitrogens with zero attached hydrogens (tertiary/aromatic N) is 2. The average molecular weight is 1090 g/mol. The zero-order chi connectivity index (χ0) is 55.4. The minimum Gasteiger partial charge on any atom is -0.456 e. The molecule has 0 unspecified atom stereocenters. The Morgan fingerprint density at radius 1 is 0.212 bits per heavy atom. The van der Waals surface area contributed by atoms with Crippen molar-refractivity contribution in [2.75, 3.05) is 9.80 Å². The first-order valence-corrected chi connectivity index (χ1v) is 29.0. The molecule has 0 atom stereocenters. The van der Waals surface area contributed by atoms with Crippen LogP contribution in [0.1, 0.15) is 0 Å². The van der Waals surface area contributed by atoms with Crippen molar-refractivity contribution in [3.05, 3.63) is 273 Å². The van der Waals surface area contributed by atoms with Crippen LogP contribution in [0.5, 0.6) is 0 Å². The molecule has 394 valence electrons. The highest BCUT2D eigenvalue weighted by molar-refractivity contribution is 7.00. The molecule has 2 aliphatic heterocycles. The lowest BCUT2D eigenvalue weighted by atomic mass is 9.33. The Bertz CT molecular complexity index is 5300. The van der Waals surface area contributed by atoms with Crippen LogP contribution in [0.3, 0.4) is 0 Å². The molecule has 6 nitrogen and oxygen atoms in total. The highest BCUT2D eigenvalue weighted by Crippen LogP contribution is 2.47. The Kier molecular flexibility index (Phi) is 9.61. The quantitative estimate of drug-likeness (QED) is 0.155. The topological polar surface area (TPSA) is 59.0 Å². The molecule has 85 heavy (non-hydrogen) atoms. The minimum absolute atomic E-state index is 0.155. The van der Waals surface area contributed by atoms with E-state index in [1.165, 1.54) is 16.4 Å². The van der Waals surface area contributed by atoms with Crippen LogP contribution in [0.25, 0.3) is 132 Å². The number of rotatable bonds is 6. The molecular formula is C78H45BN2O4. The molecule has 7 heteroatoms. The van der Waals surface area contributed by atoms with Gasteiger partial charge in [-0.25, -0.2) is 0 Å². The van der Waals surface area contributed by atoms with E-state index in [1.54, 1.807) is 0 Å². The third kappa shape index (κ3) is 6.95. The van der Waals surface area contributed by atoms with Crippen LogP contribution in [-0.2, 0) is 0 Å². The van der Waals surface area contributed by atoms with E-state index < -0.39 is 0 Å². The summed E-state index contributed by atoms with van der Waals surface area (Å²) >= 11 is 0. The molecule has 0 aliphatic carbocycles. The van der Waals surface area contributed by atoms with Crippen LogP contribution in [0.2, 0.25) is 0 Å². The van der Waals surface area contributed by atoms with Crippen LogP contribution >= 0.6 is 0 Å². The minimum atomic E-state index is -0.155. The van der Waals surface area contributed by atoms with Gasteiger partial charge in [-0.05, 0) is 182 Å². The van der Waals surface area contributed by atoms with Gasteiger partial charge in [-0.15, -0.1) is 0 Å². The molecule has 4 aromatic heterocycles. The largest absolute Gasteiger partial charge is 0.456 e. The number of fused-ring (bicyclic) bond motifs is 16. The van der Waals surface area contributed by atoms with Gasteiger partial charge in [0, 0.05) is 77.2 Å². The molecule has 0 spiro atoms. The summed E-state index contributed by atoms with van der Waals surface area (Å²) in [5.41, 5.74) is 26.2. The molecule has 19 rings (SSSR count). The number of benzene rings is 13. The summed E-state index contributed by atoms with van der Waals surface area (Å²) in [6.45, 7) is -0.155. The van der Waals surface area contributed by atoms with Gasteiger partial charge in [0.1, 0.15) is 44.7 Å². The van der Waals surface area contributed by atoms with Gasteiger partial charge in [-0.3, -0.25) is 0 Å². The van der Waals surface area contributed by atoms with Gasteiger partial charge in [0.15, 0.2) is 0 Å². The molecule has 0 radical (unpaired) electrons. The van der Waals surface area contributed by atoms with E-state index in [2.05, 4.69) is 234 Å². The van der Waals surface area contributed by atoms with E-state index in [9.17, 15) is 0 Å². The second-order valence-electron chi connectivity index (χ2n) is 22.7. The average Bonchev–Trinajstić information content (AvgIpc) is 2.98. The predicted octanol–water partition coefficient (Wildman–Crippen LogP) is 20.0. The van der Waals surface area contributed by atoms with Gasteiger partial charge in [-0.1, -0.05) is 152 Å². The Morgan fingerprint density at radius 3 is 0.847 bits per heavy atom. The molecule has 0 bridgehead atoms. The van der Waals surface area contributed by atoms with Gasteiger partial charge < -0.3 is 27.5 Å². The van der Waals surface area contributed by atoms with Crippen LogP contribution in [0.4, 0.5) is 34.1 Å². The van der Waals surface area contributed by atoms with Crippen molar-refractivity contribution in [3.63, 3.8) is 0 Å². The maximum Gasteiger partial charge on any atom is 0.252 e. The second-order valence-corrected chi connectivity index (χ2v) is 22.7. The second kappa shape index (κ2) is 17.6. The fourth-order valence-electron chi connectivity index (χ4n) is 14.1. The molecule has 0 saturated carbocycles. The molecule has 6 heterocycles. The maximum absolute atomic E-state index is 6.52. The number of hydrogen-bond donors (Lipinski definition) is 0. The molecule has 13 aromatic carbocycles. The lowest BCUT2D eigenvalue weighted by Gasteiger charge is -2.44. The monoisotopic (exact) mass is 1080 g/mol. The molecule has 0 fully saturated rings. The third-order valence-electron chi connectivity index (χ3n) is 18.1. The van der Waals surface area contributed by atoms with E-state index in [1.807, 2.05) is 48.5 Å². The Labute approximate surface area is 487 Å². The SMILES string of the molecule is c1cc2c3c(c1)N(c1ccc(-c4ccc5c(c4)oc4ccccc45)cc1)c1ccc(-c4ccc5c(c4)oc4ccccc45)cc1B3c1cc(-c3ccc4c(c3)oc3ccccc34)ccc1N2c1ccc(-c2ccc3c(c2)oc2ccccc23)cc1. The van der Waals surface area contributed by atoms with Crippen molar-refractivity contribution in [2.45, 2.75) is 0 Å². The number of para-hydroxylation sites is 4. The van der Waals surface area contributed by atoms with Crippen molar-refractivity contribution < 1.29 is 17.7 Å². The van der Waals surface area contributed by atoms with Crippen molar-refractivity contribution in [2.24, 2.45) is 0 Å². The fourth-order valence-corrected chi connectivity index (χ4v) is 14.1. The Morgan fingerprint density at radius 2 is 0.494 bits per heavy atom. The predicted molar refractivity (Wildman–Crippen MR) is 351 cm³/mol. The normalized spacial score (nSPS) is 12.9. The number of anilines is 6. The molecule has 0 amide bonds. The van der Waals surface area contributed by atoms with Crippen molar-refractivity contribution >= 4 is 145 Å². The van der Waals surface area contributed by atoms with E-state index in [0.29, 0.717) is 0 Å². The van der Waals surface area contributed by atoms with Crippen molar-refractivity contribution in [1.29, 1.82) is 0 Å². The van der Waals surface area contributed by atoms with E-state index in [-0.39, 0.29) is 6.71 Å². The lowest BCUT2D eigenvalue weighted by Crippen LogP contribution is -2.61. The highest BCUT2D eigenvalue weighted by Gasteiger charge is 2.43. The summed E-state index contributed by atoms with van der Waals surface area (Å²) in [6, 6.07) is 98.6. The summed E-state index contributed by atoms with van der Waals surface area (Å²) in [4.78, 5) is 4.95. The van der Waals surface area contributed by atoms with Gasteiger partial charge in [-0.2, -0.15) is 0 Å². The van der Waals surface area contributed by atoms with Crippen LogP contribution < -0.4 is 26.2 Å². The zero-order valence-corrected chi connectivity index (χ0v) is 45.6. The molecule has 2 aliphatic rings. The van der Waals surface area contributed by atoms with Crippen molar-refractivity contribution in [3.8, 4) is 44.5 Å². The zero-order valence-electron chi connectivity index (χ0n) is 45.6. The molecular weight excluding hydrogens is 1040 g/mol. The highest BCUT2D eigenvalue weighted by atomic mass is 16.3. The maximum atomic E-state index is 6.52. The standard InChI is InChI=1S/C78H45BN2O4/c1-5-16-70-56(10-1)60-34-24-50(42-74(60)82-70)46-20-30-54(31-21-46)80-66-38-28-48(52-26-36-62-58-12-3-7-18-72(58)84-76(62)44-52)40-64(66)79-65-41-49(53-27-37-63-59-13-4-8-19-73(59)85-77(63)45-53)29-39-67(65)81(69-15-9-14-68(80)78(69)79)55-32-22-47(23-33-55)51-25-35-61-57-11-2-6-17-71(57)83-75(61)43-51/h1-45H. The first-order chi connectivity index (χ1) is 42.1. The van der Waals surface area contributed by atoms with Crippen LogP contribution in [0.15, 0.2) is 291 Å². The number of hydrogen-bond acceptors (Lipinski definition) is 6. The fraction of sp³-hybridized carbons (Fsp3) is 0. The molecule has 17 aromatic rings. The summed E-state index contributed by atoms with van der Waals surface area (Å²) in [6.07, 6.45) is 0. The molecule has 0 N–H and O–H groups in total. The Balaban J connectivity index is 0.802. The van der Waals surface area contributed by atoms with E-state index in [0.717, 1.165) is 166 Å². The third-order valence-corrected chi connectivity index (χ3v) is 18.1. The van der Waals surface area contributed by atoms with Gasteiger partial charge >= 0.3 is 0 Å². The van der Waals surface area contributed by atoms with Crippen LogP contribution in [-0.4, -0.2) is 6.71 Å². The smallest absolute Gasteiger partial charge is 0.252 e. The summed E-state index contributed by atoms with van der Waals surface area (Å²) in [7, 11) is 0. The molecule has 0 saturated heterocycles. The first kappa shape index (κ1) is 46.3. The first-order valence-electron chi connectivity index (χ1n) is 29.0. The number of furan rings is 4. The van der Waals surface area contributed by atoms with E-state index in [4.69, 9.17) is 17.7 Å². The van der Waals surface area contributed by atoms with E-state index >= 15 is 0 Å². The summed E-state index contributed by atoms with van der Waals surface area (Å²) in [5, 5.41) is 8.95. The van der Waals surface area contributed by atoms with Gasteiger partial charge in [0.05, 0.1) is 0 Å². The summed E-state index contributed by atoms with van der Waals surface area (Å²) in [5.74, 6) is 0.